The quantitative estimate of drug-likeness (QED) is 0.768. The van der Waals surface area contributed by atoms with Crippen LogP contribution in [-0.2, 0) is 14.8 Å². The molecule has 0 radical (unpaired) electrons. The second-order valence-electron chi connectivity index (χ2n) is 3.92. The second kappa shape index (κ2) is 4.77. The van der Waals surface area contributed by atoms with Crippen molar-refractivity contribution in [1.82, 2.24) is 4.72 Å². The molecule has 0 heterocycles. The van der Waals surface area contributed by atoms with E-state index in [4.69, 9.17) is 0 Å². The lowest BCUT2D eigenvalue weighted by atomic mass is 10.1. The summed E-state index contributed by atoms with van der Waals surface area (Å²) in [4.78, 5) is 10.6. The molecular formula is C9H17NO3S. The van der Waals surface area contributed by atoms with Gasteiger partial charge >= 0.3 is 0 Å². The Morgan fingerprint density at radius 1 is 1.36 bits per heavy atom. The molecule has 1 saturated carbocycles. The third-order valence-corrected chi connectivity index (χ3v) is 3.94. The van der Waals surface area contributed by atoms with E-state index in [9.17, 15) is 13.2 Å². The Morgan fingerprint density at radius 3 is 2.43 bits per heavy atom. The smallest absolute Gasteiger partial charge is 0.234 e. The van der Waals surface area contributed by atoms with E-state index in [0.717, 1.165) is 12.8 Å². The van der Waals surface area contributed by atoms with E-state index in [1.54, 1.807) is 0 Å². The molecule has 0 unspecified atom stereocenters. The number of sulfonamides is 1. The monoisotopic (exact) mass is 219 g/mol. The summed E-state index contributed by atoms with van der Waals surface area (Å²) < 4.78 is 24.5. The van der Waals surface area contributed by atoms with Gasteiger partial charge in [0.25, 0.3) is 0 Å². The Kier molecular flexibility index (Phi) is 3.92. The molecule has 1 fully saturated rings. The molecule has 0 spiro atoms. The molecule has 1 aliphatic carbocycles. The fraction of sp³-hybridized carbons (Fsp3) is 0.889. The second-order valence-corrected chi connectivity index (χ2v) is 5.76. The molecule has 1 N–H and O–H groups in total. The lowest BCUT2D eigenvalue weighted by Gasteiger charge is -2.08. The lowest BCUT2D eigenvalue weighted by molar-refractivity contribution is -0.117. The summed E-state index contributed by atoms with van der Waals surface area (Å²) in [6.45, 7) is 1.22. The van der Waals surface area contributed by atoms with Crippen molar-refractivity contribution in [2.75, 3.05) is 5.75 Å². The molecule has 1 rings (SSSR count). The number of hydrogen-bond acceptors (Lipinski definition) is 3. The van der Waals surface area contributed by atoms with Gasteiger partial charge in [-0.05, 0) is 12.3 Å². The zero-order chi connectivity index (χ0) is 10.6. The molecular weight excluding hydrogens is 202 g/mol. The van der Waals surface area contributed by atoms with Gasteiger partial charge in [-0.3, -0.25) is 9.52 Å². The van der Waals surface area contributed by atoms with Crippen LogP contribution < -0.4 is 4.72 Å². The van der Waals surface area contributed by atoms with Crippen molar-refractivity contribution >= 4 is 15.9 Å². The first-order chi connectivity index (χ1) is 6.49. The summed E-state index contributed by atoms with van der Waals surface area (Å²) in [6, 6.07) is 0. The highest BCUT2D eigenvalue weighted by Gasteiger charge is 2.19. The summed E-state index contributed by atoms with van der Waals surface area (Å²) in [7, 11) is -3.37. The van der Waals surface area contributed by atoms with Crippen LogP contribution in [0, 0.1) is 5.92 Å². The topological polar surface area (TPSA) is 63.2 Å². The minimum Gasteiger partial charge on any atom is -0.274 e. The fourth-order valence-electron chi connectivity index (χ4n) is 1.89. The van der Waals surface area contributed by atoms with Gasteiger partial charge in [0.15, 0.2) is 0 Å². The standard InChI is InChI=1S/C9H17NO3S/c1-8(11)10-14(12,13)7-6-9-4-2-3-5-9/h9H,2-7H2,1H3,(H,10,11). The first-order valence-corrected chi connectivity index (χ1v) is 6.66. The highest BCUT2D eigenvalue weighted by atomic mass is 32.2. The minimum atomic E-state index is -3.37. The van der Waals surface area contributed by atoms with Crippen LogP contribution in [0.25, 0.3) is 0 Å². The van der Waals surface area contributed by atoms with E-state index >= 15 is 0 Å². The summed E-state index contributed by atoms with van der Waals surface area (Å²) in [6.07, 6.45) is 5.38. The lowest BCUT2D eigenvalue weighted by Crippen LogP contribution is -2.31. The highest BCUT2D eigenvalue weighted by molar-refractivity contribution is 7.90. The van der Waals surface area contributed by atoms with E-state index in [1.165, 1.54) is 19.8 Å². The molecule has 0 aromatic carbocycles. The summed E-state index contributed by atoms with van der Waals surface area (Å²) in [5.41, 5.74) is 0. The number of carbonyl (C=O) groups excluding carboxylic acids is 1. The van der Waals surface area contributed by atoms with Crippen molar-refractivity contribution in [2.24, 2.45) is 5.92 Å². The Morgan fingerprint density at radius 2 is 1.93 bits per heavy atom. The minimum absolute atomic E-state index is 0.0806. The fourth-order valence-corrected chi connectivity index (χ4v) is 3.07. The van der Waals surface area contributed by atoms with Crippen LogP contribution in [0.15, 0.2) is 0 Å². The zero-order valence-electron chi connectivity index (χ0n) is 8.45. The van der Waals surface area contributed by atoms with Gasteiger partial charge in [-0.15, -0.1) is 0 Å². The van der Waals surface area contributed by atoms with Gasteiger partial charge in [-0.1, -0.05) is 25.7 Å². The van der Waals surface area contributed by atoms with E-state index in [0.29, 0.717) is 12.3 Å². The summed E-state index contributed by atoms with van der Waals surface area (Å²) in [5, 5.41) is 0. The van der Waals surface area contributed by atoms with E-state index in [-0.39, 0.29) is 5.75 Å². The third-order valence-electron chi connectivity index (χ3n) is 2.57. The van der Waals surface area contributed by atoms with Crippen LogP contribution in [-0.4, -0.2) is 20.1 Å². The van der Waals surface area contributed by atoms with Crippen molar-refractivity contribution in [2.45, 2.75) is 39.0 Å². The van der Waals surface area contributed by atoms with Gasteiger partial charge in [-0.25, -0.2) is 8.42 Å². The van der Waals surface area contributed by atoms with E-state index in [1.807, 2.05) is 4.72 Å². The maximum atomic E-state index is 11.3. The zero-order valence-corrected chi connectivity index (χ0v) is 9.27. The first-order valence-electron chi connectivity index (χ1n) is 5.01. The molecule has 4 nitrogen and oxygen atoms in total. The maximum Gasteiger partial charge on any atom is 0.234 e. The van der Waals surface area contributed by atoms with Crippen molar-refractivity contribution in [1.29, 1.82) is 0 Å². The number of carbonyl (C=O) groups is 1. The number of hydrogen-bond donors (Lipinski definition) is 1. The normalized spacial score (nSPS) is 18.4. The predicted octanol–water partition coefficient (Wildman–Crippen LogP) is 1.03. The Labute approximate surface area is 85.1 Å². The summed E-state index contributed by atoms with van der Waals surface area (Å²) in [5.74, 6) is 0.118. The van der Waals surface area contributed by atoms with Crippen LogP contribution >= 0.6 is 0 Å². The number of rotatable bonds is 4. The van der Waals surface area contributed by atoms with Crippen LogP contribution in [0.5, 0.6) is 0 Å². The predicted molar refractivity (Wildman–Crippen MR) is 54.2 cm³/mol. The van der Waals surface area contributed by atoms with E-state index in [2.05, 4.69) is 0 Å². The van der Waals surface area contributed by atoms with Gasteiger partial charge < -0.3 is 0 Å². The molecule has 82 valence electrons. The van der Waals surface area contributed by atoms with Crippen LogP contribution in [0.4, 0.5) is 0 Å². The average molecular weight is 219 g/mol. The Balaban J connectivity index is 2.32. The maximum absolute atomic E-state index is 11.3. The molecule has 5 heteroatoms. The van der Waals surface area contributed by atoms with E-state index < -0.39 is 15.9 Å². The Bertz CT molecular complexity index is 291. The highest BCUT2D eigenvalue weighted by Crippen LogP contribution is 2.27. The van der Waals surface area contributed by atoms with Gasteiger partial charge in [-0.2, -0.15) is 0 Å². The Hall–Kier alpha value is -0.580. The molecule has 1 aliphatic rings. The molecule has 0 aromatic heterocycles. The number of nitrogens with one attached hydrogen (secondary N) is 1. The van der Waals surface area contributed by atoms with Crippen LogP contribution in [0.3, 0.4) is 0 Å². The first kappa shape index (κ1) is 11.5. The largest absolute Gasteiger partial charge is 0.274 e. The van der Waals surface area contributed by atoms with Gasteiger partial charge in [0.05, 0.1) is 5.75 Å². The molecule has 0 saturated heterocycles. The molecule has 14 heavy (non-hydrogen) atoms. The van der Waals surface area contributed by atoms with Gasteiger partial charge in [0.1, 0.15) is 0 Å². The van der Waals surface area contributed by atoms with Gasteiger partial charge in [0.2, 0.25) is 15.9 Å². The molecule has 0 aliphatic heterocycles. The molecule has 0 atom stereocenters. The SMILES string of the molecule is CC(=O)NS(=O)(=O)CCC1CCCC1. The van der Waals surface area contributed by atoms with Crippen molar-refractivity contribution in [3.05, 3.63) is 0 Å². The van der Waals surface area contributed by atoms with Gasteiger partial charge in [0, 0.05) is 6.92 Å². The van der Waals surface area contributed by atoms with Crippen molar-refractivity contribution in [3.63, 3.8) is 0 Å². The molecule has 1 amide bonds. The summed E-state index contributed by atoms with van der Waals surface area (Å²) >= 11 is 0. The van der Waals surface area contributed by atoms with Crippen LogP contribution in [0.2, 0.25) is 0 Å². The van der Waals surface area contributed by atoms with Crippen molar-refractivity contribution < 1.29 is 13.2 Å². The average Bonchev–Trinajstić information content (AvgIpc) is 2.50. The third kappa shape index (κ3) is 4.09. The van der Waals surface area contributed by atoms with Crippen LogP contribution in [0.1, 0.15) is 39.0 Å². The molecule has 0 aromatic rings. The molecule has 0 bridgehead atoms. The number of amides is 1. The van der Waals surface area contributed by atoms with Crippen molar-refractivity contribution in [3.8, 4) is 0 Å².